The van der Waals surface area contributed by atoms with Crippen molar-refractivity contribution in [3.05, 3.63) is 295 Å². The van der Waals surface area contributed by atoms with E-state index < -0.39 is 5.41 Å². The van der Waals surface area contributed by atoms with E-state index in [0.29, 0.717) is 0 Å². The molecule has 1 aliphatic carbocycles. The van der Waals surface area contributed by atoms with Gasteiger partial charge in [-0.25, -0.2) is 0 Å². The molecule has 69 heavy (non-hydrogen) atoms. The zero-order chi connectivity index (χ0) is 45.7. The molecule has 0 N–H and O–H groups in total. The first kappa shape index (κ1) is 40.3. The van der Waals surface area contributed by atoms with Crippen LogP contribution in [-0.4, -0.2) is 0 Å². The molecule has 0 fully saturated rings. The van der Waals surface area contributed by atoms with E-state index in [1.54, 1.807) is 0 Å². The van der Waals surface area contributed by atoms with Gasteiger partial charge >= 0.3 is 0 Å². The lowest BCUT2D eigenvalue weighted by atomic mass is 9.67. The highest BCUT2D eigenvalue weighted by atomic mass is 16.3. The first-order chi connectivity index (χ1) is 34.2. The summed E-state index contributed by atoms with van der Waals surface area (Å²) >= 11 is 0. The van der Waals surface area contributed by atoms with Crippen LogP contribution in [0.5, 0.6) is 0 Å². The molecule has 0 aliphatic heterocycles. The number of hydrogen-bond acceptors (Lipinski definition) is 2. The summed E-state index contributed by atoms with van der Waals surface area (Å²) < 4.78 is 6.42. The fourth-order valence-electron chi connectivity index (χ4n) is 10.9. The highest BCUT2D eigenvalue weighted by Gasteiger charge is 2.46. The molecule has 324 valence electrons. The Kier molecular flexibility index (Phi) is 9.77. The molecule has 0 atom stereocenters. The number of nitrogens with zero attached hydrogens (tertiary/aromatic N) is 1. The molecule has 0 saturated carbocycles. The minimum Gasteiger partial charge on any atom is -0.456 e. The second-order valence-corrected chi connectivity index (χ2v) is 18.0. The Morgan fingerprint density at radius 2 is 0.710 bits per heavy atom. The van der Waals surface area contributed by atoms with Crippen molar-refractivity contribution in [3.63, 3.8) is 0 Å². The van der Waals surface area contributed by atoms with Gasteiger partial charge in [0.1, 0.15) is 11.2 Å². The average Bonchev–Trinajstić information content (AvgIpc) is 3.95. The van der Waals surface area contributed by atoms with Crippen LogP contribution < -0.4 is 4.90 Å². The van der Waals surface area contributed by atoms with E-state index in [4.69, 9.17) is 4.42 Å². The van der Waals surface area contributed by atoms with Gasteiger partial charge < -0.3 is 9.32 Å². The van der Waals surface area contributed by atoms with Crippen LogP contribution in [0.25, 0.3) is 77.6 Å². The largest absolute Gasteiger partial charge is 0.456 e. The first-order valence-corrected chi connectivity index (χ1v) is 23.7. The van der Waals surface area contributed by atoms with Crippen molar-refractivity contribution in [3.8, 4) is 55.6 Å². The highest BCUT2D eigenvalue weighted by Crippen LogP contribution is 2.58. The van der Waals surface area contributed by atoms with E-state index in [0.717, 1.165) is 50.1 Å². The second-order valence-electron chi connectivity index (χ2n) is 18.0. The zero-order valence-corrected chi connectivity index (χ0v) is 37.8. The highest BCUT2D eigenvalue weighted by molar-refractivity contribution is 6.07. The van der Waals surface area contributed by atoms with E-state index in [2.05, 4.69) is 272 Å². The maximum atomic E-state index is 6.42. The lowest BCUT2D eigenvalue weighted by molar-refractivity contribution is 0.669. The van der Waals surface area contributed by atoms with E-state index in [1.807, 2.05) is 6.07 Å². The first-order valence-electron chi connectivity index (χ1n) is 23.7. The summed E-state index contributed by atoms with van der Waals surface area (Å²) in [6, 6.07) is 99.5. The smallest absolute Gasteiger partial charge is 0.135 e. The summed E-state index contributed by atoms with van der Waals surface area (Å²) in [5.74, 6) is 0. The standard InChI is InChI=1S/C67H45NO/c1-4-16-46(17-5-1)49-28-30-52(31-29-49)57-22-11-14-26-64(57)68(55-41-43-66-61(44-55)60-24-12-15-27-65(60)69-66)56-40-42-59-58-23-10-13-25-62(58)67(63(59)45-56,53-36-32-50(33-37-53)47-18-6-2-7-19-47)54-38-34-51(35-39-54)48-20-8-3-9-21-48/h1-45H. The topological polar surface area (TPSA) is 16.4 Å². The predicted molar refractivity (Wildman–Crippen MR) is 287 cm³/mol. The third kappa shape index (κ3) is 6.80. The van der Waals surface area contributed by atoms with Crippen LogP contribution in [0.3, 0.4) is 0 Å². The molecule has 0 amide bonds. The summed E-state index contributed by atoms with van der Waals surface area (Å²) in [6.45, 7) is 0. The molecular formula is C67H45NO. The van der Waals surface area contributed by atoms with Gasteiger partial charge in [0.2, 0.25) is 0 Å². The Morgan fingerprint density at radius 3 is 1.33 bits per heavy atom. The third-order valence-electron chi connectivity index (χ3n) is 14.2. The maximum Gasteiger partial charge on any atom is 0.135 e. The van der Waals surface area contributed by atoms with Crippen molar-refractivity contribution in [2.45, 2.75) is 5.41 Å². The molecule has 2 nitrogen and oxygen atoms in total. The Morgan fingerprint density at radius 1 is 0.275 bits per heavy atom. The summed E-state index contributed by atoms with van der Waals surface area (Å²) in [5.41, 5.74) is 21.2. The Balaban J connectivity index is 1.05. The Hall–Kier alpha value is -8.98. The van der Waals surface area contributed by atoms with Gasteiger partial charge in [-0.3, -0.25) is 0 Å². The lowest BCUT2D eigenvalue weighted by Gasteiger charge is -2.35. The molecule has 12 aromatic rings. The van der Waals surface area contributed by atoms with E-state index in [9.17, 15) is 0 Å². The summed E-state index contributed by atoms with van der Waals surface area (Å²) in [6.07, 6.45) is 0. The van der Waals surface area contributed by atoms with Gasteiger partial charge in [0.25, 0.3) is 0 Å². The molecule has 1 aliphatic rings. The number of fused-ring (bicyclic) bond motifs is 6. The molecule has 11 aromatic carbocycles. The van der Waals surface area contributed by atoms with Crippen molar-refractivity contribution >= 4 is 39.0 Å². The molecule has 1 heterocycles. The Labute approximate surface area is 402 Å². The molecule has 0 bridgehead atoms. The molecular weight excluding hydrogens is 835 g/mol. The minimum atomic E-state index is -0.643. The normalized spacial score (nSPS) is 12.5. The van der Waals surface area contributed by atoms with Crippen LogP contribution in [0.15, 0.2) is 277 Å². The van der Waals surface area contributed by atoms with Crippen LogP contribution in [0.4, 0.5) is 17.1 Å². The van der Waals surface area contributed by atoms with Crippen LogP contribution in [0, 0.1) is 0 Å². The van der Waals surface area contributed by atoms with Crippen LogP contribution in [-0.2, 0) is 5.41 Å². The molecule has 13 rings (SSSR count). The molecule has 0 spiro atoms. The SMILES string of the molecule is c1ccc(-c2ccc(-c3ccccc3N(c3ccc4c(c3)C(c3ccc(-c5ccccc5)cc3)(c3ccc(-c5ccccc5)cc3)c3ccccc3-4)c3ccc4oc5ccccc5c4c3)cc2)cc1. The number of rotatable bonds is 9. The molecule has 2 heteroatoms. The minimum absolute atomic E-state index is 0.643. The van der Waals surface area contributed by atoms with E-state index in [1.165, 1.54) is 66.8 Å². The molecule has 0 radical (unpaired) electrons. The van der Waals surface area contributed by atoms with Crippen molar-refractivity contribution in [1.82, 2.24) is 0 Å². The molecule has 0 saturated heterocycles. The van der Waals surface area contributed by atoms with Gasteiger partial charge in [0, 0.05) is 27.7 Å². The third-order valence-corrected chi connectivity index (χ3v) is 14.2. The van der Waals surface area contributed by atoms with Gasteiger partial charge in [-0.2, -0.15) is 0 Å². The number of para-hydroxylation sites is 2. The zero-order valence-electron chi connectivity index (χ0n) is 37.8. The van der Waals surface area contributed by atoms with Gasteiger partial charge in [0.05, 0.1) is 11.1 Å². The summed E-state index contributed by atoms with van der Waals surface area (Å²) in [4.78, 5) is 2.45. The second kappa shape index (κ2) is 16.7. The quantitative estimate of drug-likeness (QED) is 0.144. The van der Waals surface area contributed by atoms with Crippen LogP contribution in [0.1, 0.15) is 22.3 Å². The van der Waals surface area contributed by atoms with Gasteiger partial charge in [-0.1, -0.05) is 231 Å². The van der Waals surface area contributed by atoms with Crippen LogP contribution in [0.2, 0.25) is 0 Å². The van der Waals surface area contributed by atoms with Crippen LogP contribution >= 0.6 is 0 Å². The number of hydrogen-bond donors (Lipinski definition) is 0. The summed E-state index contributed by atoms with van der Waals surface area (Å²) in [5, 5.41) is 2.18. The molecule has 0 unspecified atom stereocenters. The fourth-order valence-corrected chi connectivity index (χ4v) is 10.9. The molecule has 1 aromatic heterocycles. The average molecular weight is 880 g/mol. The van der Waals surface area contributed by atoms with E-state index >= 15 is 0 Å². The number of benzene rings is 11. The van der Waals surface area contributed by atoms with Crippen molar-refractivity contribution in [2.24, 2.45) is 0 Å². The van der Waals surface area contributed by atoms with E-state index in [-0.39, 0.29) is 0 Å². The summed E-state index contributed by atoms with van der Waals surface area (Å²) in [7, 11) is 0. The van der Waals surface area contributed by atoms with Crippen molar-refractivity contribution < 1.29 is 4.42 Å². The van der Waals surface area contributed by atoms with Gasteiger partial charge in [-0.05, 0) is 115 Å². The lowest BCUT2D eigenvalue weighted by Crippen LogP contribution is -2.29. The monoisotopic (exact) mass is 879 g/mol. The fraction of sp³-hybridized carbons (Fsp3) is 0.0149. The van der Waals surface area contributed by atoms with Crippen molar-refractivity contribution in [2.75, 3.05) is 4.90 Å². The predicted octanol–water partition coefficient (Wildman–Crippen LogP) is 18.1. The maximum absolute atomic E-state index is 6.42. The Bertz CT molecular complexity index is 3710. The van der Waals surface area contributed by atoms with Gasteiger partial charge in [-0.15, -0.1) is 0 Å². The number of anilines is 3. The van der Waals surface area contributed by atoms with Gasteiger partial charge in [0.15, 0.2) is 0 Å². The number of furan rings is 1. The van der Waals surface area contributed by atoms with Crippen molar-refractivity contribution in [1.29, 1.82) is 0 Å².